The molecule has 4 nitrogen and oxygen atoms in total. The lowest BCUT2D eigenvalue weighted by Crippen LogP contribution is -2.33. The molecule has 0 amide bonds. The van der Waals surface area contributed by atoms with Crippen LogP contribution in [0, 0.1) is 0 Å². The van der Waals surface area contributed by atoms with Gasteiger partial charge in [-0.3, -0.25) is 0 Å². The van der Waals surface area contributed by atoms with Crippen molar-refractivity contribution in [3.63, 3.8) is 0 Å². The molecule has 0 saturated heterocycles. The third-order valence-electron chi connectivity index (χ3n) is 3.21. The first-order valence-electron chi connectivity index (χ1n) is 6.19. The average Bonchev–Trinajstić information content (AvgIpc) is 2.76. The lowest BCUT2D eigenvalue weighted by molar-refractivity contribution is 0.461. The maximum Gasteiger partial charge on any atom is 0.146 e. The summed E-state index contributed by atoms with van der Waals surface area (Å²) >= 11 is 0. The molecule has 0 radical (unpaired) electrons. The number of aryl methyl sites for hydroxylation is 1. The maximum absolute atomic E-state index is 4.06. The monoisotopic (exact) mass is 244 g/mol. The average molecular weight is 244 g/mol. The normalized spacial score (nSPS) is 11.7. The summed E-state index contributed by atoms with van der Waals surface area (Å²) in [6.07, 6.45) is 1.72. The molecular formula is C14H20N4. The van der Waals surface area contributed by atoms with Crippen molar-refractivity contribution in [1.82, 2.24) is 20.1 Å². The molecule has 2 aromatic rings. The molecule has 0 aliphatic rings. The third-order valence-corrected chi connectivity index (χ3v) is 3.21. The van der Waals surface area contributed by atoms with Crippen LogP contribution in [0.25, 0.3) is 0 Å². The van der Waals surface area contributed by atoms with Crippen LogP contribution >= 0.6 is 0 Å². The quantitative estimate of drug-likeness (QED) is 0.873. The molecule has 0 atom stereocenters. The molecule has 0 aliphatic heterocycles. The van der Waals surface area contributed by atoms with Crippen molar-refractivity contribution in [2.45, 2.75) is 25.8 Å². The predicted octanol–water partition coefficient (Wildman–Crippen LogP) is 1.88. The summed E-state index contributed by atoms with van der Waals surface area (Å²) < 4.78 is 1.93. The molecule has 0 aliphatic carbocycles. The third kappa shape index (κ3) is 2.96. The van der Waals surface area contributed by atoms with Gasteiger partial charge in [-0.25, -0.2) is 0 Å². The fraction of sp³-hybridized carbons (Fsp3) is 0.429. The Hall–Kier alpha value is -1.68. The van der Waals surface area contributed by atoms with Gasteiger partial charge in [0.1, 0.15) is 12.2 Å². The van der Waals surface area contributed by atoms with E-state index in [2.05, 4.69) is 53.6 Å². The minimum absolute atomic E-state index is 0.111. The highest BCUT2D eigenvalue weighted by Crippen LogP contribution is 2.21. The van der Waals surface area contributed by atoms with Gasteiger partial charge >= 0.3 is 0 Å². The number of benzene rings is 1. The van der Waals surface area contributed by atoms with E-state index in [0.717, 1.165) is 18.9 Å². The molecule has 1 aromatic carbocycles. The van der Waals surface area contributed by atoms with Gasteiger partial charge in [0.25, 0.3) is 0 Å². The summed E-state index contributed by atoms with van der Waals surface area (Å²) in [4.78, 5) is 0. The summed E-state index contributed by atoms with van der Waals surface area (Å²) in [6, 6.07) is 10.6. The molecule has 0 unspecified atom stereocenters. The van der Waals surface area contributed by atoms with E-state index >= 15 is 0 Å². The highest BCUT2D eigenvalue weighted by molar-refractivity contribution is 5.23. The zero-order valence-electron chi connectivity index (χ0n) is 11.2. The Kier molecular flexibility index (Phi) is 3.77. The number of hydrogen-bond donors (Lipinski definition) is 1. The van der Waals surface area contributed by atoms with E-state index in [0.29, 0.717) is 0 Å². The van der Waals surface area contributed by atoms with Gasteiger partial charge in [-0.1, -0.05) is 44.2 Å². The first kappa shape index (κ1) is 12.8. The fourth-order valence-corrected chi connectivity index (χ4v) is 1.95. The van der Waals surface area contributed by atoms with Crippen molar-refractivity contribution in [3.05, 3.63) is 48.0 Å². The molecule has 96 valence electrons. The molecule has 18 heavy (non-hydrogen) atoms. The molecular weight excluding hydrogens is 224 g/mol. The highest BCUT2D eigenvalue weighted by Gasteiger charge is 2.19. The lowest BCUT2D eigenvalue weighted by atomic mass is 9.85. The van der Waals surface area contributed by atoms with Gasteiger partial charge in [0.2, 0.25) is 0 Å². The smallest absolute Gasteiger partial charge is 0.146 e. The van der Waals surface area contributed by atoms with Crippen LogP contribution in [0.5, 0.6) is 0 Å². The van der Waals surface area contributed by atoms with Crippen molar-refractivity contribution in [3.8, 4) is 0 Å². The van der Waals surface area contributed by atoms with Crippen molar-refractivity contribution >= 4 is 0 Å². The molecule has 0 fully saturated rings. The Morgan fingerprint density at radius 1 is 1.22 bits per heavy atom. The molecule has 0 saturated carbocycles. The molecule has 0 spiro atoms. The SMILES string of the molecule is Cn1cnnc1CNCC(C)(C)c1ccccc1. The van der Waals surface area contributed by atoms with Crippen molar-refractivity contribution in [1.29, 1.82) is 0 Å². The number of nitrogens with zero attached hydrogens (tertiary/aromatic N) is 3. The van der Waals surface area contributed by atoms with Gasteiger partial charge < -0.3 is 9.88 Å². The maximum atomic E-state index is 4.06. The van der Waals surface area contributed by atoms with Gasteiger partial charge in [0.15, 0.2) is 0 Å². The summed E-state index contributed by atoms with van der Waals surface area (Å²) in [6.45, 7) is 6.13. The molecule has 1 aromatic heterocycles. The van der Waals surface area contributed by atoms with Gasteiger partial charge in [0.05, 0.1) is 6.54 Å². The zero-order chi connectivity index (χ0) is 13.0. The Morgan fingerprint density at radius 3 is 2.56 bits per heavy atom. The first-order valence-corrected chi connectivity index (χ1v) is 6.19. The van der Waals surface area contributed by atoms with Crippen LogP contribution in [-0.2, 0) is 19.0 Å². The summed E-state index contributed by atoms with van der Waals surface area (Å²) in [5.41, 5.74) is 1.45. The van der Waals surface area contributed by atoms with E-state index in [4.69, 9.17) is 0 Å². The van der Waals surface area contributed by atoms with E-state index in [1.54, 1.807) is 6.33 Å². The summed E-state index contributed by atoms with van der Waals surface area (Å²) in [5, 5.41) is 11.4. The van der Waals surface area contributed by atoms with Gasteiger partial charge in [-0.2, -0.15) is 0 Å². The van der Waals surface area contributed by atoms with E-state index < -0.39 is 0 Å². The van der Waals surface area contributed by atoms with Gasteiger partial charge in [-0.15, -0.1) is 10.2 Å². The van der Waals surface area contributed by atoms with E-state index in [-0.39, 0.29) is 5.41 Å². The largest absolute Gasteiger partial charge is 0.320 e. The second-order valence-electron chi connectivity index (χ2n) is 5.21. The van der Waals surface area contributed by atoms with Crippen LogP contribution in [0.2, 0.25) is 0 Å². The summed E-state index contributed by atoms with van der Waals surface area (Å²) in [7, 11) is 1.96. The lowest BCUT2D eigenvalue weighted by Gasteiger charge is -2.25. The number of nitrogens with one attached hydrogen (secondary N) is 1. The van der Waals surface area contributed by atoms with E-state index in [9.17, 15) is 0 Å². The van der Waals surface area contributed by atoms with E-state index in [1.165, 1.54) is 5.56 Å². The molecule has 4 heteroatoms. The molecule has 1 heterocycles. The molecule has 1 N–H and O–H groups in total. The van der Waals surface area contributed by atoms with Gasteiger partial charge in [-0.05, 0) is 5.56 Å². The second kappa shape index (κ2) is 5.31. The van der Waals surface area contributed by atoms with Crippen LogP contribution in [0.1, 0.15) is 25.2 Å². The minimum Gasteiger partial charge on any atom is -0.320 e. The Bertz CT molecular complexity index is 488. The van der Waals surface area contributed by atoms with Crippen molar-refractivity contribution in [2.75, 3.05) is 6.54 Å². The number of aromatic nitrogens is 3. The van der Waals surface area contributed by atoms with Crippen LogP contribution in [0.3, 0.4) is 0 Å². The van der Waals surface area contributed by atoms with Crippen LogP contribution in [0.4, 0.5) is 0 Å². The van der Waals surface area contributed by atoms with Crippen molar-refractivity contribution in [2.24, 2.45) is 7.05 Å². The Morgan fingerprint density at radius 2 is 1.94 bits per heavy atom. The standard InChI is InChI=1S/C14H20N4/c1-14(2,12-7-5-4-6-8-12)10-15-9-13-17-16-11-18(13)3/h4-8,11,15H,9-10H2,1-3H3. The minimum atomic E-state index is 0.111. The topological polar surface area (TPSA) is 42.7 Å². The zero-order valence-corrected chi connectivity index (χ0v) is 11.2. The molecule has 0 bridgehead atoms. The Balaban J connectivity index is 1.92. The first-order chi connectivity index (χ1) is 8.59. The highest BCUT2D eigenvalue weighted by atomic mass is 15.3. The fourth-order valence-electron chi connectivity index (χ4n) is 1.95. The van der Waals surface area contributed by atoms with Gasteiger partial charge in [0, 0.05) is 19.0 Å². The van der Waals surface area contributed by atoms with Crippen molar-refractivity contribution < 1.29 is 0 Å². The van der Waals surface area contributed by atoms with Crippen LogP contribution in [-0.4, -0.2) is 21.3 Å². The predicted molar refractivity (Wildman–Crippen MR) is 72.2 cm³/mol. The summed E-state index contributed by atoms with van der Waals surface area (Å²) in [5.74, 6) is 0.957. The number of hydrogen-bond acceptors (Lipinski definition) is 3. The molecule has 2 rings (SSSR count). The second-order valence-corrected chi connectivity index (χ2v) is 5.21. The number of rotatable bonds is 5. The van der Waals surface area contributed by atoms with E-state index in [1.807, 2.05) is 17.7 Å². The Labute approximate surface area is 108 Å². The van der Waals surface area contributed by atoms with Crippen LogP contribution < -0.4 is 5.32 Å². The van der Waals surface area contributed by atoms with Crippen LogP contribution in [0.15, 0.2) is 36.7 Å².